The van der Waals surface area contributed by atoms with E-state index in [9.17, 15) is 4.79 Å². The monoisotopic (exact) mass is 186 g/mol. The lowest BCUT2D eigenvalue weighted by atomic mass is 9.93. The Morgan fingerprint density at radius 1 is 1.54 bits per heavy atom. The van der Waals surface area contributed by atoms with Crippen LogP contribution < -0.4 is 0 Å². The van der Waals surface area contributed by atoms with E-state index < -0.39 is 0 Å². The van der Waals surface area contributed by atoms with Crippen molar-refractivity contribution >= 4 is 13.5 Å². The largest absolute Gasteiger partial charge is 0.427 e. The summed E-state index contributed by atoms with van der Waals surface area (Å²) >= 11 is 0. The molecule has 1 aliphatic rings. The van der Waals surface area contributed by atoms with Crippen molar-refractivity contribution in [3.8, 4) is 0 Å². The molecule has 1 heterocycles. The molecular weight excluding hydrogens is 171 g/mol. The summed E-state index contributed by atoms with van der Waals surface area (Å²) in [5.41, 5.74) is 0. The molecule has 1 aliphatic heterocycles. The Morgan fingerprint density at radius 3 is 2.62 bits per heavy atom. The summed E-state index contributed by atoms with van der Waals surface area (Å²) in [6.07, 6.45) is 0. The smallest absolute Gasteiger partial charge is 0.363 e. The van der Waals surface area contributed by atoms with Crippen LogP contribution in [0.2, 0.25) is 0 Å². The third kappa shape index (κ3) is 2.43. The van der Waals surface area contributed by atoms with Crippen LogP contribution >= 0.6 is 0 Å². The Balaban J connectivity index is 2.23. The van der Waals surface area contributed by atoms with E-state index in [0.717, 1.165) is 13.1 Å². The van der Waals surface area contributed by atoms with Crippen LogP contribution in [0.4, 0.5) is 0 Å². The third-order valence-electron chi connectivity index (χ3n) is 2.20. The molecule has 1 rings (SSSR count). The second kappa shape index (κ2) is 4.60. The van der Waals surface area contributed by atoms with E-state index in [0.29, 0.717) is 7.62 Å². The Bertz CT molecular complexity index is 185. The van der Waals surface area contributed by atoms with Crippen molar-refractivity contribution in [1.29, 1.82) is 0 Å². The predicted molar refractivity (Wildman–Crippen MR) is 49.0 cm³/mol. The SMILES string of the molecule is COBN1CC(C(=O)N(C)OC)C1. The van der Waals surface area contributed by atoms with Gasteiger partial charge in [-0.25, -0.2) is 5.06 Å². The Morgan fingerprint density at radius 2 is 2.15 bits per heavy atom. The van der Waals surface area contributed by atoms with Crippen LogP contribution in [0.3, 0.4) is 0 Å². The first kappa shape index (κ1) is 10.5. The lowest BCUT2D eigenvalue weighted by Gasteiger charge is -2.38. The van der Waals surface area contributed by atoms with Crippen molar-refractivity contribution in [2.45, 2.75) is 0 Å². The molecule has 1 fully saturated rings. The lowest BCUT2D eigenvalue weighted by Crippen LogP contribution is -2.55. The second-order valence-electron chi connectivity index (χ2n) is 3.17. The Labute approximate surface area is 78.8 Å². The molecule has 74 valence electrons. The number of nitrogens with zero attached hydrogens (tertiary/aromatic N) is 2. The minimum Gasteiger partial charge on any atom is -0.427 e. The number of amides is 1. The molecule has 0 unspecified atom stereocenters. The van der Waals surface area contributed by atoms with Gasteiger partial charge in [-0.05, 0) is 0 Å². The normalized spacial score (nSPS) is 18.1. The number of hydrogen-bond donors (Lipinski definition) is 0. The minimum absolute atomic E-state index is 0.0369. The van der Waals surface area contributed by atoms with E-state index in [-0.39, 0.29) is 11.8 Å². The molecule has 0 spiro atoms. The maximum absolute atomic E-state index is 11.4. The van der Waals surface area contributed by atoms with Gasteiger partial charge < -0.3 is 9.47 Å². The predicted octanol–water partition coefficient (Wildman–Crippen LogP) is -1.15. The van der Waals surface area contributed by atoms with Gasteiger partial charge in [-0.1, -0.05) is 0 Å². The van der Waals surface area contributed by atoms with Gasteiger partial charge in [0.05, 0.1) is 13.0 Å². The van der Waals surface area contributed by atoms with E-state index in [1.165, 1.54) is 12.2 Å². The molecular formula is C7H15BN2O3. The minimum atomic E-state index is 0.0369. The molecule has 0 aromatic rings. The zero-order valence-corrected chi connectivity index (χ0v) is 8.32. The molecule has 13 heavy (non-hydrogen) atoms. The fraction of sp³-hybridized carbons (Fsp3) is 0.857. The molecule has 0 N–H and O–H groups in total. The van der Waals surface area contributed by atoms with Gasteiger partial charge in [0.15, 0.2) is 0 Å². The molecule has 0 atom stereocenters. The summed E-state index contributed by atoms with van der Waals surface area (Å²) in [7, 11) is 5.36. The molecule has 0 saturated carbocycles. The molecule has 0 aromatic heterocycles. The third-order valence-corrected chi connectivity index (χ3v) is 2.20. The summed E-state index contributed by atoms with van der Waals surface area (Å²) < 4.78 is 4.93. The van der Waals surface area contributed by atoms with Crippen molar-refractivity contribution in [1.82, 2.24) is 9.87 Å². The summed E-state index contributed by atoms with van der Waals surface area (Å²) in [6, 6.07) is 0. The first-order valence-corrected chi connectivity index (χ1v) is 4.22. The van der Waals surface area contributed by atoms with Gasteiger partial charge in [0.25, 0.3) is 5.91 Å². The fourth-order valence-electron chi connectivity index (χ4n) is 1.36. The highest BCUT2D eigenvalue weighted by Crippen LogP contribution is 2.16. The molecule has 0 aliphatic carbocycles. The quantitative estimate of drug-likeness (QED) is 0.410. The first-order valence-electron chi connectivity index (χ1n) is 4.22. The first-order chi connectivity index (χ1) is 6.19. The van der Waals surface area contributed by atoms with Crippen molar-refractivity contribution in [2.24, 2.45) is 5.92 Å². The number of rotatable bonds is 4. The Hall–Kier alpha value is -0.585. The van der Waals surface area contributed by atoms with Crippen LogP contribution in [0.1, 0.15) is 0 Å². The number of hydrogen-bond acceptors (Lipinski definition) is 4. The van der Waals surface area contributed by atoms with Gasteiger partial charge in [0.1, 0.15) is 0 Å². The highest BCUT2D eigenvalue weighted by molar-refractivity contribution is 6.23. The molecule has 6 heteroatoms. The van der Waals surface area contributed by atoms with Gasteiger partial charge in [-0.2, -0.15) is 0 Å². The van der Waals surface area contributed by atoms with Gasteiger partial charge in [0.2, 0.25) is 0 Å². The van der Waals surface area contributed by atoms with E-state index >= 15 is 0 Å². The van der Waals surface area contributed by atoms with Gasteiger partial charge >= 0.3 is 7.62 Å². The lowest BCUT2D eigenvalue weighted by molar-refractivity contribution is -0.177. The van der Waals surface area contributed by atoms with Crippen LogP contribution in [-0.4, -0.2) is 57.8 Å². The number of hydroxylamine groups is 2. The summed E-state index contributed by atoms with van der Waals surface area (Å²) in [5, 5.41) is 1.27. The molecule has 1 amide bonds. The van der Waals surface area contributed by atoms with Crippen LogP contribution in [0.5, 0.6) is 0 Å². The highest BCUT2D eigenvalue weighted by atomic mass is 16.7. The molecule has 1 saturated heterocycles. The van der Waals surface area contributed by atoms with E-state index in [1.807, 2.05) is 0 Å². The van der Waals surface area contributed by atoms with E-state index in [1.54, 1.807) is 14.2 Å². The Kier molecular flexibility index (Phi) is 3.71. The van der Waals surface area contributed by atoms with Crippen LogP contribution in [0, 0.1) is 5.92 Å². The van der Waals surface area contributed by atoms with E-state index in [4.69, 9.17) is 9.49 Å². The topological polar surface area (TPSA) is 42.0 Å². The van der Waals surface area contributed by atoms with Crippen LogP contribution in [0.25, 0.3) is 0 Å². The fourth-order valence-corrected chi connectivity index (χ4v) is 1.36. The number of carbonyl (C=O) groups excluding carboxylic acids is 1. The molecule has 0 radical (unpaired) electrons. The molecule has 0 aromatic carbocycles. The van der Waals surface area contributed by atoms with Gasteiger partial charge in [0, 0.05) is 27.2 Å². The van der Waals surface area contributed by atoms with Crippen molar-refractivity contribution in [3.63, 3.8) is 0 Å². The highest BCUT2D eigenvalue weighted by Gasteiger charge is 2.34. The zero-order chi connectivity index (χ0) is 9.84. The standard InChI is InChI=1S/C7H15BN2O3/c1-9(13-3)7(11)6-4-10(5-6)8-12-2/h6,8H,4-5H2,1-3H3. The van der Waals surface area contributed by atoms with E-state index in [2.05, 4.69) is 4.81 Å². The van der Waals surface area contributed by atoms with Gasteiger partial charge in [-0.3, -0.25) is 9.63 Å². The summed E-state index contributed by atoms with van der Waals surface area (Å²) in [6.45, 7) is 1.53. The van der Waals surface area contributed by atoms with Crippen molar-refractivity contribution in [3.05, 3.63) is 0 Å². The average molecular weight is 186 g/mol. The maximum atomic E-state index is 11.4. The molecule has 5 nitrogen and oxygen atoms in total. The van der Waals surface area contributed by atoms with Crippen molar-refractivity contribution in [2.75, 3.05) is 34.4 Å². The summed E-state index contributed by atoms with van der Waals surface area (Å²) in [5.74, 6) is 0.106. The zero-order valence-electron chi connectivity index (χ0n) is 8.32. The second-order valence-corrected chi connectivity index (χ2v) is 3.17. The van der Waals surface area contributed by atoms with Gasteiger partial charge in [-0.15, -0.1) is 0 Å². The summed E-state index contributed by atoms with van der Waals surface area (Å²) in [4.78, 5) is 18.3. The van der Waals surface area contributed by atoms with Crippen LogP contribution in [-0.2, 0) is 14.3 Å². The average Bonchev–Trinajstić information content (AvgIpc) is 2.08. The number of carbonyl (C=O) groups is 1. The maximum Gasteiger partial charge on any atom is 0.363 e. The molecule has 0 bridgehead atoms. The van der Waals surface area contributed by atoms with Crippen LogP contribution in [0.15, 0.2) is 0 Å². The van der Waals surface area contributed by atoms with Crippen molar-refractivity contribution < 1.29 is 14.3 Å².